The molecular formula is C22H33N5O5. The van der Waals surface area contributed by atoms with Crippen molar-refractivity contribution in [1.82, 2.24) is 15.1 Å². The van der Waals surface area contributed by atoms with E-state index in [1.807, 2.05) is 30.3 Å². The number of ether oxygens (including phenoxy) is 1. The lowest BCUT2D eigenvalue weighted by atomic mass is 10.1. The van der Waals surface area contributed by atoms with Crippen LogP contribution < -0.4 is 16.8 Å². The Morgan fingerprint density at radius 1 is 1.25 bits per heavy atom. The highest BCUT2D eigenvalue weighted by atomic mass is 16.5. The quantitative estimate of drug-likeness (QED) is 0.397. The van der Waals surface area contributed by atoms with Gasteiger partial charge in [-0.25, -0.2) is 0 Å². The number of nitrogens with zero attached hydrogens (tertiary/aromatic N) is 2. The van der Waals surface area contributed by atoms with Crippen molar-refractivity contribution < 1.29 is 23.9 Å². The summed E-state index contributed by atoms with van der Waals surface area (Å²) in [5, 5.41) is 2.59. The number of nitrogens with one attached hydrogen (secondary N) is 1. The molecule has 0 unspecified atom stereocenters. The van der Waals surface area contributed by atoms with Gasteiger partial charge in [-0.1, -0.05) is 30.3 Å². The van der Waals surface area contributed by atoms with E-state index < -0.39 is 29.9 Å². The summed E-state index contributed by atoms with van der Waals surface area (Å²) in [5.74, 6) is -1.81. The van der Waals surface area contributed by atoms with Gasteiger partial charge in [0.05, 0.1) is 12.6 Å². The Balaban J connectivity index is 1.94. The minimum Gasteiger partial charge on any atom is -0.385 e. The van der Waals surface area contributed by atoms with Gasteiger partial charge in [0.25, 0.3) is 0 Å². The molecule has 1 heterocycles. The number of amides is 4. The number of carbonyl (C=O) groups is 4. The van der Waals surface area contributed by atoms with Crippen molar-refractivity contribution in [2.75, 3.05) is 33.9 Å². The number of hydrogen-bond acceptors (Lipinski definition) is 6. The van der Waals surface area contributed by atoms with Gasteiger partial charge in [-0.05, 0) is 24.8 Å². The van der Waals surface area contributed by atoms with Crippen LogP contribution in [0.25, 0.3) is 0 Å². The van der Waals surface area contributed by atoms with E-state index in [0.717, 1.165) is 5.56 Å². The minimum absolute atomic E-state index is 0.254. The molecule has 10 heteroatoms. The van der Waals surface area contributed by atoms with Gasteiger partial charge >= 0.3 is 0 Å². The Bertz CT molecular complexity index is 803. The first-order chi connectivity index (χ1) is 15.2. The number of primary amides is 1. The summed E-state index contributed by atoms with van der Waals surface area (Å²) in [5.41, 5.74) is 12.2. The third-order valence-electron chi connectivity index (χ3n) is 5.49. The molecule has 5 N–H and O–H groups in total. The molecule has 0 aliphatic carbocycles. The fourth-order valence-corrected chi connectivity index (χ4v) is 3.73. The molecule has 10 nitrogen and oxygen atoms in total. The monoisotopic (exact) mass is 447 g/mol. The van der Waals surface area contributed by atoms with Gasteiger partial charge in [0, 0.05) is 33.7 Å². The Hall–Kier alpha value is -2.98. The van der Waals surface area contributed by atoms with Gasteiger partial charge in [-0.15, -0.1) is 0 Å². The zero-order valence-electron chi connectivity index (χ0n) is 18.7. The van der Waals surface area contributed by atoms with Crippen LogP contribution in [0.4, 0.5) is 0 Å². The molecule has 0 saturated carbocycles. The number of methoxy groups -OCH3 is 1. The summed E-state index contributed by atoms with van der Waals surface area (Å²) in [6.07, 6.45) is 1.80. The zero-order valence-corrected chi connectivity index (χ0v) is 18.7. The number of carbonyl (C=O) groups excluding carboxylic acids is 4. The predicted molar refractivity (Wildman–Crippen MR) is 118 cm³/mol. The molecule has 3 atom stereocenters. The van der Waals surface area contributed by atoms with E-state index in [-0.39, 0.29) is 24.8 Å². The third kappa shape index (κ3) is 7.03. The first kappa shape index (κ1) is 25.3. The Labute approximate surface area is 188 Å². The van der Waals surface area contributed by atoms with Crippen molar-refractivity contribution >= 4 is 23.6 Å². The second kappa shape index (κ2) is 12.2. The zero-order chi connectivity index (χ0) is 23.7. The van der Waals surface area contributed by atoms with Crippen LogP contribution in [0.2, 0.25) is 0 Å². The lowest BCUT2D eigenvalue weighted by Gasteiger charge is -2.29. The van der Waals surface area contributed by atoms with Gasteiger partial charge in [0.2, 0.25) is 23.6 Å². The molecule has 1 fully saturated rings. The van der Waals surface area contributed by atoms with Crippen molar-refractivity contribution in [3.8, 4) is 0 Å². The summed E-state index contributed by atoms with van der Waals surface area (Å²) in [4.78, 5) is 52.6. The summed E-state index contributed by atoms with van der Waals surface area (Å²) < 4.78 is 4.96. The van der Waals surface area contributed by atoms with Crippen LogP contribution >= 0.6 is 0 Å². The molecule has 2 rings (SSSR count). The Kier molecular flexibility index (Phi) is 9.61. The van der Waals surface area contributed by atoms with Crippen molar-refractivity contribution in [2.45, 2.75) is 43.8 Å². The molecule has 176 valence electrons. The minimum atomic E-state index is -0.892. The molecule has 0 spiro atoms. The van der Waals surface area contributed by atoms with Gasteiger partial charge in [0.15, 0.2) is 0 Å². The van der Waals surface area contributed by atoms with Gasteiger partial charge < -0.3 is 31.3 Å². The van der Waals surface area contributed by atoms with Gasteiger partial charge in [-0.2, -0.15) is 0 Å². The van der Waals surface area contributed by atoms with E-state index in [2.05, 4.69) is 5.32 Å². The molecule has 0 radical (unpaired) electrons. The van der Waals surface area contributed by atoms with Crippen molar-refractivity contribution in [3.63, 3.8) is 0 Å². The van der Waals surface area contributed by atoms with Crippen LogP contribution in [-0.2, 0) is 30.3 Å². The van der Waals surface area contributed by atoms with Crippen LogP contribution in [0.15, 0.2) is 30.3 Å². The van der Waals surface area contributed by atoms with Crippen LogP contribution in [0.1, 0.15) is 24.8 Å². The van der Waals surface area contributed by atoms with E-state index in [1.54, 1.807) is 0 Å². The molecule has 1 aliphatic heterocycles. The predicted octanol–water partition coefficient (Wildman–Crippen LogP) is -0.988. The number of likely N-dealkylation sites (N-methyl/N-ethyl adjacent to an activating group) is 1. The fourth-order valence-electron chi connectivity index (χ4n) is 3.73. The molecule has 1 aromatic rings. The van der Waals surface area contributed by atoms with E-state index in [1.165, 1.54) is 24.0 Å². The average molecular weight is 448 g/mol. The maximum Gasteiger partial charge on any atom is 0.245 e. The maximum atomic E-state index is 12.9. The normalized spacial score (nSPS) is 17.5. The smallest absolute Gasteiger partial charge is 0.245 e. The molecule has 4 amide bonds. The second-order valence-corrected chi connectivity index (χ2v) is 7.98. The Morgan fingerprint density at radius 2 is 1.94 bits per heavy atom. The van der Waals surface area contributed by atoms with Crippen LogP contribution in [0.3, 0.4) is 0 Å². The maximum absolute atomic E-state index is 12.9. The van der Waals surface area contributed by atoms with Crippen LogP contribution in [0, 0.1) is 0 Å². The summed E-state index contributed by atoms with van der Waals surface area (Å²) in [6, 6.07) is 6.88. The molecule has 0 aromatic heterocycles. The highest BCUT2D eigenvalue weighted by Gasteiger charge is 2.37. The molecule has 32 heavy (non-hydrogen) atoms. The van der Waals surface area contributed by atoms with Gasteiger partial charge in [-0.3, -0.25) is 19.2 Å². The standard InChI is InChI=1S/C22H33N5O5/c1-26(14-19(28)25-17(20(24)29)13-15-7-4-3-5-8-15)22(31)18-9-6-11-27(18)21(30)16(23)10-12-32-2/h3-5,7-8,16-18H,6,9-14,23H2,1-2H3,(H2,24,29)(H,25,28)/t16-,17+,18-/m0/s1. The van der Waals surface area contributed by atoms with Crippen molar-refractivity contribution in [1.29, 1.82) is 0 Å². The summed E-state index contributed by atoms with van der Waals surface area (Å²) in [6.45, 7) is 0.534. The van der Waals surface area contributed by atoms with Crippen LogP contribution in [0.5, 0.6) is 0 Å². The largest absolute Gasteiger partial charge is 0.385 e. The number of likely N-dealkylation sites (tertiary alicyclic amines) is 1. The summed E-state index contributed by atoms with van der Waals surface area (Å²) in [7, 11) is 3.02. The topological polar surface area (TPSA) is 148 Å². The molecule has 1 aromatic carbocycles. The van der Waals surface area contributed by atoms with Crippen molar-refractivity contribution in [3.05, 3.63) is 35.9 Å². The van der Waals surface area contributed by atoms with Crippen LogP contribution in [-0.4, -0.2) is 85.4 Å². The molecule has 1 saturated heterocycles. The van der Waals surface area contributed by atoms with Gasteiger partial charge in [0.1, 0.15) is 12.1 Å². The summed E-state index contributed by atoms with van der Waals surface area (Å²) >= 11 is 0. The molecule has 0 bridgehead atoms. The average Bonchev–Trinajstić information content (AvgIpc) is 3.26. The highest BCUT2D eigenvalue weighted by Crippen LogP contribution is 2.20. The third-order valence-corrected chi connectivity index (χ3v) is 5.49. The van der Waals surface area contributed by atoms with E-state index in [0.29, 0.717) is 32.4 Å². The second-order valence-electron chi connectivity index (χ2n) is 7.98. The highest BCUT2D eigenvalue weighted by molar-refractivity contribution is 5.93. The fraction of sp³-hybridized carbons (Fsp3) is 0.545. The molecular weight excluding hydrogens is 414 g/mol. The number of rotatable bonds is 11. The van der Waals surface area contributed by atoms with E-state index >= 15 is 0 Å². The Morgan fingerprint density at radius 3 is 2.56 bits per heavy atom. The lowest BCUT2D eigenvalue weighted by Crippen LogP contribution is -2.54. The number of hydrogen-bond donors (Lipinski definition) is 3. The molecule has 1 aliphatic rings. The number of nitrogens with two attached hydrogens (primary N) is 2. The first-order valence-electron chi connectivity index (χ1n) is 10.7. The first-order valence-corrected chi connectivity index (χ1v) is 10.7. The van der Waals surface area contributed by atoms with E-state index in [4.69, 9.17) is 16.2 Å². The van der Waals surface area contributed by atoms with E-state index in [9.17, 15) is 19.2 Å². The van der Waals surface area contributed by atoms with Crippen molar-refractivity contribution in [2.24, 2.45) is 11.5 Å². The SMILES string of the molecule is COCC[C@H](N)C(=O)N1CCC[C@H]1C(=O)N(C)CC(=O)N[C@H](Cc1ccccc1)C(N)=O. The number of benzene rings is 1. The lowest BCUT2D eigenvalue weighted by molar-refractivity contribution is -0.145.